The molecule has 2 amide bonds. The number of nitrogens with one attached hydrogen (secondary N) is 1. The van der Waals surface area contributed by atoms with Crippen molar-refractivity contribution in [1.82, 2.24) is 10.2 Å². The first-order valence-electron chi connectivity index (χ1n) is 9.33. The van der Waals surface area contributed by atoms with Crippen molar-refractivity contribution in [3.63, 3.8) is 0 Å². The molecular weight excluding hydrogens is 450 g/mol. The first kappa shape index (κ1) is 25.2. The van der Waals surface area contributed by atoms with E-state index in [2.05, 4.69) is 10.1 Å². The van der Waals surface area contributed by atoms with Gasteiger partial charge in [0, 0.05) is 25.6 Å². The highest BCUT2D eigenvalue weighted by atomic mass is 32.1. The van der Waals surface area contributed by atoms with Crippen LogP contribution in [0.4, 0.5) is 31.1 Å². The molecule has 1 aromatic carbocycles. The molecule has 1 aromatic rings. The van der Waals surface area contributed by atoms with Gasteiger partial charge in [-0.2, -0.15) is 39.8 Å². The molecule has 174 valence electrons. The number of carbonyl (C=O) groups excluding carboxylic acids is 2. The molecule has 5 nitrogen and oxygen atoms in total. The van der Waals surface area contributed by atoms with E-state index in [0.29, 0.717) is 25.8 Å². The van der Waals surface area contributed by atoms with E-state index in [-0.39, 0.29) is 43.8 Å². The number of ether oxygens (including phenoxy) is 1. The van der Waals surface area contributed by atoms with Crippen LogP contribution in [0.1, 0.15) is 24.8 Å². The number of piperidine rings is 1. The minimum Gasteiger partial charge on any atom is -0.426 e. The third-order valence-corrected chi connectivity index (χ3v) is 5.65. The number of rotatable bonds is 4. The highest BCUT2D eigenvalue weighted by molar-refractivity contribution is 7.59. The fourth-order valence-corrected chi connectivity index (χ4v) is 3.81. The molecule has 0 bridgehead atoms. The Labute approximate surface area is 181 Å². The summed E-state index contributed by atoms with van der Waals surface area (Å²) in [6.07, 6.45) is -16.1. The minimum absolute atomic E-state index is 0. The maximum atomic E-state index is 12.6. The van der Waals surface area contributed by atoms with Crippen molar-refractivity contribution < 1.29 is 40.7 Å². The minimum atomic E-state index is -5.75. The molecule has 1 saturated heterocycles. The molecule has 1 aliphatic heterocycles. The Kier molecular flexibility index (Phi) is 7.44. The average molecular weight is 472 g/mol. The van der Waals surface area contributed by atoms with Crippen LogP contribution >= 0.6 is 13.5 Å². The fourth-order valence-electron chi connectivity index (χ4n) is 3.81. The topological polar surface area (TPSA) is 58.6 Å². The van der Waals surface area contributed by atoms with Crippen LogP contribution < -0.4 is 5.32 Å². The zero-order chi connectivity index (χ0) is 22.2. The van der Waals surface area contributed by atoms with Crippen molar-refractivity contribution in [3.05, 3.63) is 35.9 Å². The van der Waals surface area contributed by atoms with E-state index in [1.54, 1.807) is 0 Å². The molecule has 1 atom stereocenters. The number of carbonyl (C=O) groups is 2. The van der Waals surface area contributed by atoms with Crippen molar-refractivity contribution in [1.29, 1.82) is 0 Å². The van der Waals surface area contributed by atoms with E-state index in [1.165, 1.54) is 0 Å². The van der Waals surface area contributed by atoms with Crippen molar-refractivity contribution >= 4 is 25.5 Å². The number of likely N-dealkylation sites (tertiary alicyclic amines) is 1. The number of halogens is 6. The molecule has 2 aliphatic rings. The standard InChI is InChI=1S/C19H20F6N2O3.H2S/c20-18(21,22)15(19(23,24)25)30-16(29)27-8-6-17(7-9-27)10-13(17)14(28)26-11-12-4-2-1-3-5-12;/h1-5,13,15H,6-11H2,(H,26,28);1H2/t13-;/m1./s1. The van der Waals surface area contributed by atoms with E-state index < -0.39 is 24.5 Å². The van der Waals surface area contributed by atoms with Gasteiger partial charge in [0.2, 0.25) is 5.91 Å². The van der Waals surface area contributed by atoms with Gasteiger partial charge in [-0.25, -0.2) is 4.79 Å². The maximum Gasteiger partial charge on any atom is 0.434 e. The van der Waals surface area contributed by atoms with Crippen LogP contribution in [0.25, 0.3) is 0 Å². The number of amides is 2. The summed E-state index contributed by atoms with van der Waals surface area (Å²) in [5, 5.41) is 2.83. The quantitative estimate of drug-likeness (QED) is 0.670. The molecular formula is C19H22F6N2O3S. The van der Waals surface area contributed by atoms with Gasteiger partial charge >= 0.3 is 18.4 Å². The van der Waals surface area contributed by atoms with Gasteiger partial charge in [-0.05, 0) is 30.2 Å². The van der Waals surface area contributed by atoms with Crippen molar-refractivity contribution in [2.24, 2.45) is 11.3 Å². The highest BCUT2D eigenvalue weighted by Gasteiger charge is 2.61. The van der Waals surface area contributed by atoms with Crippen LogP contribution in [0, 0.1) is 11.3 Å². The van der Waals surface area contributed by atoms with Gasteiger partial charge in [0.1, 0.15) is 0 Å². The third kappa shape index (κ3) is 5.98. The predicted molar refractivity (Wildman–Crippen MR) is 102 cm³/mol. The Morgan fingerprint density at radius 2 is 1.61 bits per heavy atom. The lowest BCUT2D eigenvalue weighted by atomic mass is 9.91. The van der Waals surface area contributed by atoms with E-state index in [4.69, 9.17) is 0 Å². The summed E-state index contributed by atoms with van der Waals surface area (Å²) < 4.78 is 79.0. The van der Waals surface area contributed by atoms with Crippen molar-refractivity contribution in [2.75, 3.05) is 13.1 Å². The molecule has 12 heteroatoms. The van der Waals surface area contributed by atoms with Crippen LogP contribution in [0.3, 0.4) is 0 Å². The van der Waals surface area contributed by atoms with Crippen molar-refractivity contribution in [3.8, 4) is 0 Å². The molecule has 0 unspecified atom stereocenters. The molecule has 1 saturated carbocycles. The fraction of sp³-hybridized carbons (Fsp3) is 0.579. The van der Waals surface area contributed by atoms with E-state index in [0.717, 1.165) is 10.5 Å². The Morgan fingerprint density at radius 3 is 2.13 bits per heavy atom. The second kappa shape index (κ2) is 9.17. The summed E-state index contributed by atoms with van der Waals surface area (Å²) >= 11 is 0. The molecule has 1 aliphatic carbocycles. The Morgan fingerprint density at radius 1 is 1.06 bits per heavy atom. The van der Waals surface area contributed by atoms with E-state index >= 15 is 0 Å². The zero-order valence-electron chi connectivity index (χ0n) is 16.2. The van der Waals surface area contributed by atoms with Gasteiger partial charge < -0.3 is 15.0 Å². The lowest BCUT2D eigenvalue weighted by Crippen LogP contribution is -2.49. The summed E-state index contributed by atoms with van der Waals surface area (Å²) in [5.41, 5.74) is 0.562. The number of nitrogens with zero attached hydrogens (tertiary/aromatic N) is 1. The van der Waals surface area contributed by atoms with Gasteiger partial charge in [0.15, 0.2) is 0 Å². The molecule has 3 rings (SSSR count). The number of hydrogen-bond donors (Lipinski definition) is 1. The van der Waals surface area contributed by atoms with Crippen molar-refractivity contribution in [2.45, 2.75) is 44.3 Å². The number of benzene rings is 1. The summed E-state index contributed by atoms with van der Waals surface area (Å²) in [5.74, 6) is -0.429. The number of hydrogen-bond acceptors (Lipinski definition) is 3. The zero-order valence-corrected chi connectivity index (χ0v) is 17.2. The predicted octanol–water partition coefficient (Wildman–Crippen LogP) is 4.15. The molecule has 0 aromatic heterocycles. The lowest BCUT2D eigenvalue weighted by molar-refractivity contribution is -0.308. The smallest absolute Gasteiger partial charge is 0.426 e. The SMILES string of the molecule is O=C(NCc1ccccc1)[C@H]1CC12CCN(C(=O)OC(C(F)(F)F)C(F)(F)F)CC2.S. The van der Waals surface area contributed by atoms with Crippen LogP contribution in [-0.2, 0) is 16.1 Å². The Balaban J connectivity index is 0.00000341. The summed E-state index contributed by atoms with van der Waals surface area (Å²) in [4.78, 5) is 25.0. The Hall–Kier alpha value is -2.11. The summed E-state index contributed by atoms with van der Waals surface area (Å²) in [6, 6.07) is 9.27. The largest absolute Gasteiger partial charge is 0.434 e. The molecule has 2 fully saturated rings. The monoisotopic (exact) mass is 472 g/mol. The summed E-state index contributed by atoms with van der Waals surface area (Å²) in [7, 11) is 0. The molecule has 1 heterocycles. The lowest BCUT2D eigenvalue weighted by Gasteiger charge is -2.33. The number of alkyl halides is 6. The summed E-state index contributed by atoms with van der Waals surface area (Å²) in [6.45, 7) is 0.231. The molecule has 1 spiro atoms. The second-order valence-electron chi connectivity index (χ2n) is 7.66. The molecule has 0 radical (unpaired) electrons. The van der Waals surface area contributed by atoms with Gasteiger partial charge in [-0.1, -0.05) is 30.3 Å². The van der Waals surface area contributed by atoms with Gasteiger partial charge in [-0.15, -0.1) is 0 Å². The third-order valence-electron chi connectivity index (χ3n) is 5.65. The molecule has 1 N–H and O–H groups in total. The maximum absolute atomic E-state index is 12.6. The van der Waals surface area contributed by atoms with E-state index in [1.807, 2.05) is 30.3 Å². The highest BCUT2D eigenvalue weighted by Crippen LogP contribution is 2.59. The normalized spacial score (nSPS) is 20.2. The van der Waals surface area contributed by atoms with E-state index in [9.17, 15) is 35.9 Å². The molecule has 31 heavy (non-hydrogen) atoms. The Bertz CT molecular complexity index is 765. The first-order valence-corrected chi connectivity index (χ1v) is 9.33. The van der Waals surface area contributed by atoms with Gasteiger partial charge in [-0.3, -0.25) is 4.79 Å². The van der Waals surface area contributed by atoms with Crippen LogP contribution in [0.2, 0.25) is 0 Å². The van der Waals surface area contributed by atoms with Gasteiger partial charge in [0.25, 0.3) is 6.10 Å². The van der Waals surface area contributed by atoms with Gasteiger partial charge in [0.05, 0.1) is 0 Å². The average Bonchev–Trinajstić information content (AvgIpc) is 3.37. The first-order chi connectivity index (χ1) is 13.9. The second-order valence-corrected chi connectivity index (χ2v) is 7.66. The van der Waals surface area contributed by atoms with Crippen LogP contribution in [-0.4, -0.2) is 48.4 Å². The van der Waals surface area contributed by atoms with Crippen LogP contribution in [0.5, 0.6) is 0 Å². The van der Waals surface area contributed by atoms with Crippen LogP contribution in [0.15, 0.2) is 30.3 Å².